The molecule has 0 radical (unpaired) electrons. The number of aromatic nitrogens is 2. The van der Waals surface area contributed by atoms with Gasteiger partial charge in [0.05, 0.1) is 0 Å². The van der Waals surface area contributed by atoms with Crippen LogP contribution in [0.15, 0.2) is 12.3 Å². The van der Waals surface area contributed by atoms with Crippen LogP contribution >= 0.6 is 0 Å². The molecule has 76 valence electrons. The Balaban J connectivity index is 2.13. The van der Waals surface area contributed by atoms with Crippen molar-refractivity contribution < 1.29 is 0 Å². The molecular weight excluding hydrogens is 176 g/mol. The summed E-state index contributed by atoms with van der Waals surface area (Å²) in [5.74, 6) is 2.00. The van der Waals surface area contributed by atoms with Gasteiger partial charge in [0.15, 0.2) is 0 Å². The highest BCUT2D eigenvalue weighted by molar-refractivity contribution is 5.37. The number of hydrogen-bond acceptors (Lipinski definition) is 4. The Morgan fingerprint density at radius 3 is 2.93 bits per heavy atom. The summed E-state index contributed by atoms with van der Waals surface area (Å²) >= 11 is 0. The zero-order valence-corrected chi connectivity index (χ0v) is 8.53. The van der Waals surface area contributed by atoms with Crippen LogP contribution in [0, 0.1) is 0 Å². The molecule has 4 nitrogen and oxygen atoms in total. The molecule has 14 heavy (non-hydrogen) atoms. The smallest absolute Gasteiger partial charge is 0.132 e. The van der Waals surface area contributed by atoms with Crippen LogP contribution in [0.4, 0.5) is 5.82 Å². The van der Waals surface area contributed by atoms with Gasteiger partial charge in [0.25, 0.3) is 0 Å². The van der Waals surface area contributed by atoms with Gasteiger partial charge in [0.1, 0.15) is 11.6 Å². The minimum atomic E-state index is 0.903. The van der Waals surface area contributed by atoms with Crippen LogP contribution in [0.3, 0.4) is 0 Å². The van der Waals surface area contributed by atoms with Crippen molar-refractivity contribution >= 4 is 5.82 Å². The Hall–Kier alpha value is -1.16. The lowest BCUT2D eigenvalue weighted by atomic mass is 10.3. The van der Waals surface area contributed by atoms with Crippen LogP contribution in [0.2, 0.25) is 0 Å². The first kappa shape index (κ1) is 9.40. The van der Waals surface area contributed by atoms with Gasteiger partial charge >= 0.3 is 0 Å². The Bertz CT molecular complexity index is 294. The molecule has 1 aromatic heterocycles. The summed E-state index contributed by atoms with van der Waals surface area (Å²) in [5.41, 5.74) is 0. The van der Waals surface area contributed by atoms with Crippen molar-refractivity contribution in [3.63, 3.8) is 0 Å². The monoisotopic (exact) mass is 192 g/mol. The molecule has 0 unspecified atom stereocenters. The van der Waals surface area contributed by atoms with Gasteiger partial charge in [-0.25, -0.2) is 9.97 Å². The van der Waals surface area contributed by atoms with E-state index in [4.69, 9.17) is 0 Å². The van der Waals surface area contributed by atoms with Gasteiger partial charge in [-0.3, -0.25) is 0 Å². The van der Waals surface area contributed by atoms with Gasteiger partial charge < -0.3 is 10.2 Å². The number of rotatable bonds is 2. The number of anilines is 1. The van der Waals surface area contributed by atoms with Gasteiger partial charge in [0.2, 0.25) is 0 Å². The second kappa shape index (κ2) is 4.37. The lowest BCUT2D eigenvalue weighted by molar-refractivity contribution is 0.583. The van der Waals surface area contributed by atoms with E-state index in [0.29, 0.717) is 0 Å². The predicted octanol–water partition coefficient (Wildman–Crippen LogP) is 0.449. The van der Waals surface area contributed by atoms with E-state index in [1.165, 1.54) is 0 Å². The maximum Gasteiger partial charge on any atom is 0.132 e. The minimum Gasteiger partial charge on any atom is -0.354 e. The van der Waals surface area contributed by atoms with E-state index in [1.54, 1.807) is 0 Å². The third kappa shape index (κ3) is 2.01. The van der Waals surface area contributed by atoms with Gasteiger partial charge in [-0.2, -0.15) is 0 Å². The third-order valence-electron chi connectivity index (χ3n) is 2.45. The third-order valence-corrected chi connectivity index (χ3v) is 2.45. The first-order chi connectivity index (χ1) is 6.90. The number of aryl methyl sites for hydroxylation is 1. The zero-order valence-electron chi connectivity index (χ0n) is 8.53. The van der Waals surface area contributed by atoms with Crippen LogP contribution in [-0.2, 0) is 6.42 Å². The SMILES string of the molecule is CCc1nccc(N2CCNCC2)n1. The van der Waals surface area contributed by atoms with E-state index in [1.807, 2.05) is 12.3 Å². The summed E-state index contributed by atoms with van der Waals surface area (Å²) in [5, 5.41) is 3.33. The molecule has 1 saturated heterocycles. The van der Waals surface area contributed by atoms with Crippen molar-refractivity contribution in [2.75, 3.05) is 31.1 Å². The Morgan fingerprint density at radius 2 is 2.21 bits per heavy atom. The molecule has 0 atom stereocenters. The Kier molecular flexibility index (Phi) is 2.93. The summed E-state index contributed by atoms with van der Waals surface area (Å²) in [4.78, 5) is 11.0. The van der Waals surface area contributed by atoms with Crippen LogP contribution in [-0.4, -0.2) is 36.1 Å². The molecule has 0 aliphatic carbocycles. The van der Waals surface area contributed by atoms with Crippen LogP contribution in [0.5, 0.6) is 0 Å². The highest BCUT2D eigenvalue weighted by atomic mass is 15.2. The predicted molar refractivity (Wildman–Crippen MR) is 56.5 cm³/mol. The Morgan fingerprint density at radius 1 is 1.43 bits per heavy atom. The second-order valence-electron chi connectivity index (χ2n) is 3.42. The lowest BCUT2D eigenvalue weighted by Gasteiger charge is -2.28. The largest absolute Gasteiger partial charge is 0.354 e. The highest BCUT2D eigenvalue weighted by Crippen LogP contribution is 2.10. The average molecular weight is 192 g/mol. The summed E-state index contributed by atoms with van der Waals surface area (Å²) in [7, 11) is 0. The molecule has 0 bridgehead atoms. The van der Waals surface area contributed by atoms with Crippen LogP contribution in [0.1, 0.15) is 12.7 Å². The average Bonchev–Trinajstić information content (AvgIpc) is 2.30. The van der Waals surface area contributed by atoms with E-state index in [9.17, 15) is 0 Å². The van der Waals surface area contributed by atoms with Gasteiger partial charge in [-0.15, -0.1) is 0 Å². The topological polar surface area (TPSA) is 41.1 Å². The lowest BCUT2D eigenvalue weighted by Crippen LogP contribution is -2.44. The normalized spacial score (nSPS) is 17.1. The number of nitrogens with zero attached hydrogens (tertiary/aromatic N) is 3. The maximum absolute atomic E-state index is 4.50. The molecule has 1 aliphatic rings. The number of nitrogens with one attached hydrogen (secondary N) is 1. The molecule has 0 saturated carbocycles. The Labute approximate surface area is 84.4 Å². The van der Waals surface area contributed by atoms with Crippen molar-refractivity contribution in [1.29, 1.82) is 0 Å². The van der Waals surface area contributed by atoms with Crippen molar-refractivity contribution in [3.8, 4) is 0 Å². The first-order valence-corrected chi connectivity index (χ1v) is 5.17. The fourth-order valence-corrected chi connectivity index (χ4v) is 1.63. The van der Waals surface area contributed by atoms with Gasteiger partial charge in [0, 0.05) is 38.8 Å². The first-order valence-electron chi connectivity index (χ1n) is 5.17. The minimum absolute atomic E-state index is 0.903. The second-order valence-corrected chi connectivity index (χ2v) is 3.42. The van der Waals surface area contributed by atoms with Gasteiger partial charge in [-0.05, 0) is 6.07 Å². The molecule has 4 heteroatoms. The molecule has 0 spiro atoms. The van der Waals surface area contributed by atoms with E-state index in [-0.39, 0.29) is 0 Å². The van der Waals surface area contributed by atoms with E-state index < -0.39 is 0 Å². The maximum atomic E-state index is 4.50. The van der Waals surface area contributed by atoms with Crippen LogP contribution < -0.4 is 10.2 Å². The van der Waals surface area contributed by atoms with Crippen LogP contribution in [0.25, 0.3) is 0 Å². The van der Waals surface area contributed by atoms with Crippen molar-refractivity contribution in [3.05, 3.63) is 18.1 Å². The highest BCUT2D eigenvalue weighted by Gasteiger charge is 2.11. The van der Waals surface area contributed by atoms with E-state index in [2.05, 4.69) is 27.1 Å². The van der Waals surface area contributed by atoms with Gasteiger partial charge in [-0.1, -0.05) is 6.92 Å². The summed E-state index contributed by atoms with van der Waals surface area (Å²) in [6.45, 7) is 6.26. The summed E-state index contributed by atoms with van der Waals surface area (Å²) in [6.07, 6.45) is 2.75. The van der Waals surface area contributed by atoms with E-state index >= 15 is 0 Å². The summed E-state index contributed by atoms with van der Waals surface area (Å²) in [6, 6.07) is 1.99. The van der Waals surface area contributed by atoms with Crippen molar-refractivity contribution in [2.45, 2.75) is 13.3 Å². The fourth-order valence-electron chi connectivity index (χ4n) is 1.63. The fraction of sp³-hybridized carbons (Fsp3) is 0.600. The molecule has 2 rings (SSSR count). The molecule has 1 aliphatic heterocycles. The molecular formula is C10H16N4. The molecule has 1 aromatic rings. The standard InChI is InChI=1S/C10H16N4/c1-2-9-12-4-3-10(13-9)14-7-5-11-6-8-14/h3-4,11H,2,5-8H2,1H3. The zero-order chi connectivity index (χ0) is 9.80. The summed E-state index contributed by atoms with van der Waals surface area (Å²) < 4.78 is 0. The molecule has 0 aromatic carbocycles. The quantitative estimate of drug-likeness (QED) is 0.738. The van der Waals surface area contributed by atoms with Crippen molar-refractivity contribution in [2.24, 2.45) is 0 Å². The molecule has 0 amide bonds. The number of hydrogen-bond donors (Lipinski definition) is 1. The molecule has 1 N–H and O–H groups in total. The molecule has 1 fully saturated rings. The number of piperazine rings is 1. The molecule has 2 heterocycles. The van der Waals surface area contributed by atoms with E-state index in [0.717, 1.165) is 44.2 Å². The van der Waals surface area contributed by atoms with Crippen molar-refractivity contribution in [1.82, 2.24) is 15.3 Å².